The lowest BCUT2D eigenvalue weighted by Gasteiger charge is -2.11. The van der Waals surface area contributed by atoms with E-state index >= 15 is 0 Å². The Kier molecular flexibility index (Phi) is 5.43. The van der Waals surface area contributed by atoms with Crippen LogP contribution in [0.15, 0.2) is 6.07 Å². The van der Waals surface area contributed by atoms with E-state index in [-0.39, 0.29) is 0 Å². The Bertz CT molecular complexity index is 363. The van der Waals surface area contributed by atoms with Gasteiger partial charge < -0.3 is 10.6 Å². The number of hydrogen-bond donors (Lipinski definition) is 2. The third kappa shape index (κ3) is 4.37. The van der Waals surface area contributed by atoms with E-state index < -0.39 is 0 Å². The van der Waals surface area contributed by atoms with Crippen molar-refractivity contribution in [3.8, 4) is 0 Å². The van der Waals surface area contributed by atoms with Crippen LogP contribution in [0.25, 0.3) is 0 Å². The van der Waals surface area contributed by atoms with Crippen LogP contribution in [-0.2, 0) is 6.42 Å². The highest BCUT2D eigenvalue weighted by Gasteiger charge is 2.13. The van der Waals surface area contributed by atoms with Gasteiger partial charge >= 0.3 is 0 Å². The molecule has 1 aliphatic carbocycles. The zero-order chi connectivity index (χ0) is 13.5. The summed E-state index contributed by atoms with van der Waals surface area (Å²) in [6.45, 7) is 3.10. The fourth-order valence-electron chi connectivity index (χ4n) is 2.78. The number of anilines is 2. The molecule has 0 atom stereocenters. The molecule has 4 nitrogen and oxygen atoms in total. The molecular formula is C15H26N4. The molecule has 106 valence electrons. The summed E-state index contributed by atoms with van der Waals surface area (Å²) in [5.74, 6) is 3.71. The average molecular weight is 262 g/mol. The van der Waals surface area contributed by atoms with Gasteiger partial charge in [-0.3, -0.25) is 0 Å². The largest absolute Gasteiger partial charge is 0.373 e. The van der Waals surface area contributed by atoms with Crippen molar-refractivity contribution in [2.45, 2.75) is 51.9 Å². The molecule has 1 aromatic heterocycles. The third-order valence-corrected chi connectivity index (χ3v) is 3.91. The van der Waals surface area contributed by atoms with Crippen molar-refractivity contribution in [3.05, 3.63) is 11.9 Å². The molecule has 0 bridgehead atoms. The van der Waals surface area contributed by atoms with Gasteiger partial charge in [0.1, 0.15) is 17.5 Å². The highest BCUT2D eigenvalue weighted by Crippen LogP contribution is 2.28. The fraction of sp³-hybridized carbons (Fsp3) is 0.733. The van der Waals surface area contributed by atoms with Gasteiger partial charge in [0.25, 0.3) is 0 Å². The lowest BCUT2D eigenvalue weighted by Crippen LogP contribution is -2.08. The first-order valence-electron chi connectivity index (χ1n) is 7.61. The molecule has 1 aromatic rings. The van der Waals surface area contributed by atoms with E-state index in [0.29, 0.717) is 0 Å². The molecule has 0 spiro atoms. The molecule has 1 heterocycles. The van der Waals surface area contributed by atoms with E-state index in [0.717, 1.165) is 36.3 Å². The average Bonchev–Trinajstić information content (AvgIpc) is 2.96. The summed E-state index contributed by atoms with van der Waals surface area (Å²) in [6.07, 6.45) is 9.23. The molecule has 1 saturated carbocycles. The first-order valence-corrected chi connectivity index (χ1v) is 7.61. The van der Waals surface area contributed by atoms with Crippen LogP contribution < -0.4 is 10.6 Å². The Morgan fingerprint density at radius 1 is 1.21 bits per heavy atom. The van der Waals surface area contributed by atoms with Gasteiger partial charge in [-0.15, -0.1) is 0 Å². The Hall–Kier alpha value is -1.32. The molecule has 0 unspecified atom stereocenters. The van der Waals surface area contributed by atoms with Crippen molar-refractivity contribution >= 4 is 11.6 Å². The smallest absolute Gasteiger partial charge is 0.132 e. The Labute approximate surface area is 116 Å². The minimum Gasteiger partial charge on any atom is -0.373 e. The van der Waals surface area contributed by atoms with Crippen LogP contribution in [0, 0.1) is 5.92 Å². The van der Waals surface area contributed by atoms with Crippen LogP contribution in [0.5, 0.6) is 0 Å². The zero-order valence-corrected chi connectivity index (χ0v) is 12.2. The molecule has 4 heteroatoms. The summed E-state index contributed by atoms with van der Waals surface area (Å²) in [7, 11) is 1.89. The second kappa shape index (κ2) is 7.31. The number of hydrogen-bond acceptors (Lipinski definition) is 4. The lowest BCUT2D eigenvalue weighted by molar-refractivity contribution is 0.491. The van der Waals surface area contributed by atoms with Gasteiger partial charge in [-0.25, -0.2) is 9.97 Å². The second-order valence-corrected chi connectivity index (χ2v) is 5.38. The van der Waals surface area contributed by atoms with Gasteiger partial charge in [-0.05, 0) is 18.8 Å². The van der Waals surface area contributed by atoms with Gasteiger partial charge in [0.15, 0.2) is 0 Å². The quantitative estimate of drug-likeness (QED) is 0.739. The molecule has 0 saturated heterocycles. The normalized spacial score (nSPS) is 15.7. The van der Waals surface area contributed by atoms with Crippen molar-refractivity contribution < 1.29 is 0 Å². The summed E-state index contributed by atoms with van der Waals surface area (Å²) in [4.78, 5) is 8.91. The van der Waals surface area contributed by atoms with Crippen LogP contribution in [0.4, 0.5) is 11.6 Å². The SMILES string of the molecule is CCc1nc(NC)cc(NCCCC2CCCC2)n1. The maximum Gasteiger partial charge on any atom is 0.132 e. The van der Waals surface area contributed by atoms with E-state index in [1.807, 2.05) is 13.1 Å². The molecular weight excluding hydrogens is 236 g/mol. The molecule has 2 N–H and O–H groups in total. The topological polar surface area (TPSA) is 49.8 Å². The van der Waals surface area contributed by atoms with Crippen LogP contribution in [0.1, 0.15) is 51.3 Å². The maximum absolute atomic E-state index is 4.51. The number of nitrogens with zero attached hydrogens (tertiary/aromatic N) is 2. The molecule has 1 fully saturated rings. The van der Waals surface area contributed by atoms with Gasteiger partial charge in [-0.2, -0.15) is 0 Å². The van der Waals surface area contributed by atoms with Crippen LogP contribution >= 0.6 is 0 Å². The first-order chi connectivity index (χ1) is 9.31. The van der Waals surface area contributed by atoms with Crippen molar-refractivity contribution in [2.75, 3.05) is 24.2 Å². The highest BCUT2D eigenvalue weighted by molar-refractivity contribution is 5.47. The molecule has 1 aliphatic rings. The van der Waals surface area contributed by atoms with Gasteiger partial charge in [0, 0.05) is 26.1 Å². The monoisotopic (exact) mass is 262 g/mol. The Balaban J connectivity index is 1.77. The van der Waals surface area contributed by atoms with Crippen LogP contribution in [-0.4, -0.2) is 23.6 Å². The zero-order valence-electron chi connectivity index (χ0n) is 12.2. The summed E-state index contributed by atoms with van der Waals surface area (Å²) < 4.78 is 0. The van der Waals surface area contributed by atoms with Crippen molar-refractivity contribution in [1.29, 1.82) is 0 Å². The van der Waals surface area contributed by atoms with E-state index in [1.165, 1.54) is 38.5 Å². The molecule has 0 amide bonds. The molecule has 0 radical (unpaired) electrons. The van der Waals surface area contributed by atoms with Gasteiger partial charge in [0.05, 0.1) is 0 Å². The maximum atomic E-state index is 4.51. The van der Waals surface area contributed by atoms with Crippen molar-refractivity contribution in [1.82, 2.24) is 9.97 Å². The number of aryl methyl sites for hydroxylation is 1. The Morgan fingerprint density at radius 3 is 2.63 bits per heavy atom. The van der Waals surface area contributed by atoms with Crippen LogP contribution in [0.2, 0.25) is 0 Å². The molecule has 2 rings (SSSR count). The predicted molar refractivity (Wildman–Crippen MR) is 80.6 cm³/mol. The van der Waals surface area contributed by atoms with Crippen molar-refractivity contribution in [3.63, 3.8) is 0 Å². The van der Waals surface area contributed by atoms with E-state index in [2.05, 4.69) is 27.5 Å². The van der Waals surface area contributed by atoms with E-state index in [9.17, 15) is 0 Å². The molecule has 0 aliphatic heterocycles. The summed E-state index contributed by atoms with van der Waals surface area (Å²) in [5, 5.41) is 6.51. The Morgan fingerprint density at radius 2 is 1.95 bits per heavy atom. The second-order valence-electron chi connectivity index (χ2n) is 5.38. The molecule has 0 aromatic carbocycles. The third-order valence-electron chi connectivity index (χ3n) is 3.91. The van der Waals surface area contributed by atoms with E-state index in [4.69, 9.17) is 0 Å². The summed E-state index contributed by atoms with van der Waals surface area (Å²) in [6, 6.07) is 1.98. The molecule has 19 heavy (non-hydrogen) atoms. The minimum absolute atomic E-state index is 0.867. The number of aromatic nitrogens is 2. The van der Waals surface area contributed by atoms with Gasteiger partial charge in [-0.1, -0.05) is 32.6 Å². The standard InChI is InChI=1S/C15H26N4/c1-3-13-18-14(16-2)11-15(19-13)17-10-6-9-12-7-4-5-8-12/h11-12H,3-10H2,1-2H3,(H2,16,17,18,19). The lowest BCUT2D eigenvalue weighted by atomic mass is 10.0. The number of rotatable bonds is 7. The minimum atomic E-state index is 0.867. The summed E-state index contributed by atoms with van der Waals surface area (Å²) >= 11 is 0. The van der Waals surface area contributed by atoms with Crippen molar-refractivity contribution in [2.24, 2.45) is 5.92 Å². The highest BCUT2D eigenvalue weighted by atomic mass is 15.1. The van der Waals surface area contributed by atoms with Crippen LogP contribution in [0.3, 0.4) is 0 Å². The first kappa shape index (κ1) is 14.1. The van der Waals surface area contributed by atoms with E-state index in [1.54, 1.807) is 0 Å². The fourth-order valence-corrected chi connectivity index (χ4v) is 2.78. The summed E-state index contributed by atoms with van der Waals surface area (Å²) in [5.41, 5.74) is 0. The van der Waals surface area contributed by atoms with Gasteiger partial charge in [0.2, 0.25) is 0 Å². The predicted octanol–water partition coefficient (Wildman–Crippen LogP) is 3.46. The number of nitrogens with one attached hydrogen (secondary N) is 2.